The first kappa shape index (κ1) is 12.6. The minimum absolute atomic E-state index is 0.188. The third-order valence-corrected chi connectivity index (χ3v) is 5.28. The Kier molecular flexibility index (Phi) is 3.15. The van der Waals surface area contributed by atoms with Crippen molar-refractivity contribution in [2.24, 2.45) is 11.3 Å². The van der Waals surface area contributed by atoms with E-state index in [2.05, 4.69) is 9.88 Å². The maximum Gasteiger partial charge on any atom is 0.213 e. The summed E-state index contributed by atoms with van der Waals surface area (Å²) in [4.78, 5) is 6.93. The fraction of sp³-hybridized carbons (Fsp3) is 0.688. The normalized spacial score (nSPS) is 33.9. The van der Waals surface area contributed by atoms with Gasteiger partial charge < -0.3 is 9.47 Å². The lowest BCUT2D eigenvalue weighted by Crippen LogP contribution is -2.42. The highest BCUT2D eigenvalue weighted by Gasteiger charge is 2.52. The van der Waals surface area contributed by atoms with Crippen molar-refractivity contribution in [3.63, 3.8) is 0 Å². The number of ether oxygens (including phenoxy) is 2. The van der Waals surface area contributed by atoms with Gasteiger partial charge in [0.1, 0.15) is 0 Å². The first-order valence-electron chi connectivity index (χ1n) is 7.71. The van der Waals surface area contributed by atoms with Gasteiger partial charge in [0.15, 0.2) is 0 Å². The second-order valence-electron chi connectivity index (χ2n) is 6.55. The SMILES string of the molecule is c1ccc(OC[C@]23COC[C@H]2CN(C2CCC2)C3)nc1. The van der Waals surface area contributed by atoms with Crippen molar-refractivity contribution in [1.82, 2.24) is 9.88 Å². The molecule has 3 aliphatic rings. The number of hydrogen-bond acceptors (Lipinski definition) is 4. The Morgan fingerprint density at radius 3 is 3.10 bits per heavy atom. The quantitative estimate of drug-likeness (QED) is 0.840. The minimum atomic E-state index is 0.188. The second-order valence-corrected chi connectivity index (χ2v) is 6.55. The molecule has 0 aromatic carbocycles. The highest BCUT2D eigenvalue weighted by molar-refractivity contribution is 5.10. The number of fused-ring (bicyclic) bond motifs is 1. The van der Waals surface area contributed by atoms with Crippen molar-refractivity contribution in [3.05, 3.63) is 24.4 Å². The maximum absolute atomic E-state index is 5.96. The maximum atomic E-state index is 5.96. The van der Waals surface area contributed by atoms with Gasteiger partial charge in [0, 0.05) is 42.7 Å². The molecule has 1 aromatic heterocycles. The summed E-state index contributed by atoms with van der Waals surface area (Å²) in [6.45, 7) is 4.80. The smallest absolute Gasteiger partial charge is 0.213 e. The molecule has 3 fully saturated rings. The van der Waals surface area contributed by atoms with Gasteiger partial charge >= 0.3 is 0 Å². The van der Waals surface area contributed by atoms with Crippen LogP contribution in [0.5, 0.6) is 5.88 Å². The number of hydrogen-bond donors (Lipinski definition) is 0. The van der Waals surface area contributed by atoms with Gasteiger partial charge in [0.05, 0.1) is 19.8 Å². The van der Waals surface area contributed by atoms with Gasteiger partial charge in [-0.15, -0.1) is 0 Å². The summed E-state index contributed by atoms with van der Waals surface area (Å²) in [5, 5.41) is 0. The summed E-state index contributed by atoms with van der Waals surface area (Å²) in [7, 11) is 0. The van der Waals surface area contributed by atoms with Crippen LogP contribution < -0.4 is 4.74 Å². The molecule has 1 aromatic rings. The van der Waals surface area contributed by atoms with Gasteiger partial charge in [-0.1, -0.05) is 12.5 Å². The average Bonchev–Trinajstić information content (AvgIpc) is 2.93. The Morgan fingerprint density at radius 1 is 1.40 bits per heavy atom. The van der Waals surface area contributed by atoms with Gasteiger partial charge in [0.25, 0.3) is 0 Å². The molecule has 1 saturated carbocycles. The van der Waals surface area contributed by atoms with E-state index >= 15 is 0 Å². The molecule has 3 heterocycles. The van der Waals surface area contributed by atoms with E-state index < -0.39 is 0 Å². The molecule has 20 heavy (non-hydrogen) atoms. The zero-order valence-electron chi connectivity index (χ0n) is 11.8. The number of likely N-dealkylation sites (tertiary alicyclic amines) is 1. The van der Waals surface area contributed by atoms with E-state index in [0.29, 0.717) is 5.92 Å². The number of aromatic nitrogens is 1. The second kappa shape index (κ2) is 5.01. The Balaban J connectivity index is 1.44. The van der Waals surface area contributed by atoms with Crippen LogP contribution in [-0.4, -0.2) is 48.8 Å². The Morgan fingerprint density at radius 2 is 2.35 bits per heavy atom. The predicted molar refractivity (Wildman–Crippen MR) is 75.7 cm³/mol. The van der Waals surface area contributed by atoms with E-state index in [1.54, 1.807) is 6.20 Å². The topological polar surface area (TPSA) is 34.6 Å². The molecule has 1 aliphatic carbocycles. The van der Waals surface area contributed by atoms with Gasteiger partial charge in [-0.3, -0.25) is 4.90 Å². The number of rotatable bonds is 4. The van der Waals surface area contributed by atoms with Gasteiger partial charge in [-0.2, -0.15) is 0 Å². The van der Waals surface area contributed by atoms with Crippen molar-refractivity contribution in [1.29, 1.82) is 0 Å². The van der Waals surface area contributed by atoms with Crippen molar-refractivity contribution >= 4 is 0 Å². The van der Waals surface area contributed by atoms with Crippen LogP contribution in [0.25, 0.3) is 0 Å². The highest BCUT2D eigenvalue weighted by Crippen LogP contribution is 2.44. The molecule has 0 N–H and O–H groups in total. The summed E-state index contributed by atoms with van der Waals surface area (Å²) in [5.41, 5.74) is 0.188. The summed E-state index contributed by atoms with van der Waals surface area (Å²) in [6.07, 6.45) is 5.94. The van der Waals surface area contributed by atoms with E-state index in [4.69, 9.17) is 9.47 Å². The predicted octanol–water partition coefficient (Wildman–Crippen LogP) is 1.96. The molecule has 4 rings (SSSR count). The molecular weight excluding hydrogens is 252 g/mol. The number of pyridine rings is 1. The van der Waals surface area contributed by atoms with E-state index in [1.807, 2.05) is 18.2 Å². The molecule has 2 saturated heterocycles. The molecule has 0 radical (unpaired) electrons. The van der Waals surface area contributed by atoms with Crippen molar-refractivity contribution in [3.8, 4) is 5.88 Å². The lowest BCUT2D eigenvalue weighted by Gasteiger charge is -2.36. The lowest BCUT2D eigenvalue weighted by atomic mass is 9.82. The van der Waals surface area contributed by atoms with Crippen LogP contribution in [-0.2, 0) is 4.74 Å². The van der Waals surface area contributed by atoms with Gasteiger partial charge in [-0.05, 0) is 18.9 Å². The molecule has 2 aliphatic heterocycles. The van der Waals surface area contributed by atoms with E-state index in [0.717, 1.165) is 38.3 Å². The molecule has 0 spiro atoms. The van der Waals surface area contributed by atoms with Gasteiger partial charge in [0.2, 0.25) is 5.88 Å². The van der Waals surface area contributed by atoms with Crippen molar-refractivity contribution < 1.29 is 9.47 Å². The average molecular weight is 274 g/mol. The zero-order chi connectivity index (χ0) is 13.4. The molecule has 0 amide bonds. The Labute approximate surface area is 120 Å². The molecule has 4 heteroatoms. The molecule has 4 nitrogen and oxygen atoms in total. The van der Waals surface area contributed by atoms with E-state index in [1.165, 1.54) is 25.8 Å². The molecule has 108 valence electrons. The molecule has 2 atom stereocenters. The monoisotopic (exact) mass is 274 g/mol. The van der Waals surface area contributed by atoms with Crippen molar-refractivity contribution in [2.75, 3.05) is 32.9 Å². The van der Waals surface area contributed by atoms with E-state index in [9.17, 15) is 0 Å². The summed E-state index contributed by atoms with van der Waals surface area (Å²) in [6, 6.07) is 6.64. The van der Waals surface area contributed by atoms with Crippen LogP contribution in [0.4, 0.5) is 0 Å². The van der Waals surface area contributed by atoms with Crippen LogP contribution in [0.15, 0.2) is 24.4 Å². The van der Waals surface area contributed by atoms with Crippen LogP contribution >= 0.6 is 0 Å². The number of nitrogens with zero attached hydrogens (tertiary/aromatic N) is 2. The van der Waals surface area contributed by atoms with Crippen LogP contribution in [0, 0.1) is 11.3 Å². The first-order valence-corrected chi connectivity index (χ1v) is 7.71. The molecule has 0 bridgehead atoms. The van der Waals surface area contributed by atoms with Crippen LogP contribution in [0.2, 0.25) is 0 Å². The van der Waals surface area contributed by atoms with Crippen LogP contribution in [0.3, 0.4) is 0 Å². The third-order valence-electron chi connectivity index (χ3n) is 5.28. The largest absolute Gasteiger partial charge is 0.477 e. The zero-order valence-corrected chi connectivity index (χ0v) is 11.8. The fourth-order valence-electron chi connectivity index (χ4n) is 3.76. The summed E-state index contributed by atoms with van der Waals surface area (Å²) in [5.74, 6) is 1.36. The molecular formula is C16H22N2O2. The standard InChI is InChI=1S/C16H22N2O2/c1-2-7-17-15(6-1)20-12-16-10-18(14-4-3-5-14)8-13(16)9-19-11-16/h1-2,6-7,13-14H,3-5,8-12H2/t13-,16+/m1/s1. The molecule has 0 unspecified atom stereocenters. The lowest BCUT2D eigenvalue weighted by molar-refractivity contribution is 0.0666. The van der Waals surface area contributed by atoms with Crippen molar-refractivity contribution in [2.45, 2.75) is 25.3 Å². The summed E-state index contributed by atoms with van der Waals surface area (Å²) < 4.78 is 11.7. The van der Waals surface area contributed by atoms with Crippen LogP contribution in [0.1, 0.15) is 19.3 Å². The Hall–Kier alpha value is -1.13. The Bertz CT molecular complexity index is 463. The third kappa shape index (κ3) is 2.11. The summed E-state index contributed by atoms with van der Waals surface area (Å²) >= 11 is 0. The first-order chi connectivity index (χ1) is 9.86. The minimum Gasteiger partial charge on any atom is -0.477 e. The highest BCUT2D eigenvalue weighted by atomic mass is 16.5. The van der Waals surface area contributed by atoms with E-state index in [-0.39, 0.29) is 5.41 Å². The van der Waals surface area contributed by atoms with Gasteiger partial charge in [-0.25, -0.2) is 4.98 Å². The fourth-order valence-corrected chi connectivity index (χ4v) is 3.76.